The SMILES string of the molecule is CCCC(N)=NCCc1ccc(Cl)cc1Cl. The number of benzene rings is 1. The quantitative estimate of drug-likeness (QED) is 0.635. The Hall–Kier alpha value is -0.730. The van der Waals surface area contributed by atoms with E-state index in [1.807, 2.05) is 12.1 Å². The largest absolute Gasteiger partial charge is 0.387 e. The molecule has 0 bridgehead atoms. The number of halogens is 2. The Morgan fingerprint density at radius 1 is 1.38 bits per heavy atom. The lowest BCUT2D eigenvalue weighted by atomic mass is 10.1. The molecule has 0 unspecified atom stereocenters. The molecule has 1 aromatic carbocycles. The summed E-state index contributed by atoms with van der Waals surface area (Å²) in [5.41, 5.74) is 6.76. The molecule has 0 saturated heterocycles. The van der Waals surface area contributed by atoms with Crippen LogP contribution in [-0.2, 0) is 6.42 Å². The predicted molar refractivity (Wildman–Crippen MR) is 71.6 cm³/mol. The molecule has 0 aliphatic heterocycles. The number of hydrogen-bond donors (Lipinski definition) is 1. The summed E-state index contributed by atoms with van der Waals surface area (Å²) < 4.78 is 0. The van der Waals surface area contributed by atoms with Crippen LogP contribution < -0.4 is 5.73 Å². The average molecular weight is 259 g/mol. The molecule has 0 fully saturated rings. The van der Waals surface area contributed by atoms with Gasteiger partial charge in [0.15, 0.2) is 0 Å². The first kappa shape index (κ1) is 13.3. The van der Waals surface area contributed by atoms with Gasteiger partial charge >= 0.3 is 0 Å². The van der Waals surface area contributed by atoms with Crippen molar-refractivity contribution in [3.05, 3.63) is 33.8 Å². The summed E-state index contributed by atoms with van der Waals surface area (Å²) in [5.74, 6) is 0.715. The van der Waals surface area contributed by atoms with E-state index in [-0.39, 0.29) is 0 Å². The lowest BCUT2D eigenvalue weighted by molar-refractivity contribution is 0.926. The Morgan fingerprint density at radius 3 is 2.75 bits per heavy atom. The van der Waals surface area contributed by atoms with E-state index in [2.05, 4.69) is 11.9 Å². The molecule has 0 spiro atoms. The summed E-state index contributed by atoms with van der Waals surface area (Å²) in [6.45, 7) is 2.76. The highest BCUT2D eigenvalue weighted by molar-refractivity contribution is 6.35. The van der Waals surface area contributed by atoms with E-state index >= 15 is 0 Å². The molecule has 0 aliphatic rings. The van der Waals surface area contributed by atoms with Crippen molar-refractivity contribution in [3.63, 3.8) is 0 Å². The number of nitrogens with two attached hydrogens (primary N) is 1. The molecular formula is C12H16Cl2N2. The van der Waals surface area contributed by atoms with E-state index in [0.717, 1.165) is 24.8 Å². The molecule has 0 amide bonds. The molecule has 1 rings (SSSR count). The maximum Gasteiger partial charge on any atom is 0.0937 e. The van der Waals surface area contributed by atoms with Crippen molar-refractivity contribution >= 4 is 29.0 Å². The van der Waals surface area contributed by atoms with E-state index in [1.54, 1.807) is 6.07 Å². The van der Waals surface area contributed by atoms with Gasteiger partial charge in [-0.25, -0.2) is 0 Å². The van der Waals surface area contributed by atoms with Crippen molar-refractivity contribution in [2.24, 2.45) is 10.7 Å². The van der Waals surface area contributed by atoms with Gasteiger partial charge in [0.25, 0.3) is 0 Å². The number of rotatable bonds is 5. The Balaban J connectivity index is 2.52. The van der Waals surface area contributed by atoms with E-state index < -0.39 is 0 Å². The number of nitrogens with zero attached hydrogens (tertiary/aromatic N) is 1. The number of aliphatic imine (C=N–C) groups is 1. The molecule has 0 atom stereocenters. The summed E-state index contributed by atoms with van der Waals surface area (Å²) in [6.07, 6.45) is 2.67. The van der Waals surface area contributed by atoms with Crippen LogP contribution in [0.1, 0.15) is 25.3 Å². The lowest BCUT2D eigenvalue weighted by Crippen LogP contribution is -2.12. The number of hydrogen-bond acceptors (Lipinski definition) is 1. The molecule has 2 nitrogen and oxygen atoms in total. The first-order chi connectivity index (χ1) is 7.63. The lowest BCUT2D eigenvalue weighted by Gasteiger charge is -2.03. The van der Waals surface area contributed by atoms with Crippen LogP contribution >= 0.6 is 23.2 Å². The van der Waals surface area contributed by atoms with Crippen molar-refractivity contribution in [1.29, 1.82) is 0 Å². The summed E-state index contributed by atoms with van der Waals surface area (Å²) in [6, 6.07) is 5.51. The highest BCUT2D eigenvalue weighted by Crippen LogP contribution is 2.21. The zero-order chi connectivity index (χ0) is 12.0. The van der Waals surface area contributed by atoms with Crippen LogP contribution in [-0.4, -0.2) is 12.4 Å². The third-order valence-electron chi connectivity index (χ3n) is 2.22. The topological polar surface area (TPSA) is 38.4 Å². The summed E-state index contributed by atoms with van der Waals surface area (Å²) in [5, 5.41) is 1.35. The van der Waals surface area contributed by atoms with Crippen LogP contribution in [0.3, 0.4) is 0 Å². The van der Waals surface area contributed by atoms with Gasteiger partial charge in [-0.1, -0.05) is 36.2 Å². The maximum absolute atomic E-state index is 6.04. The average Bonchev–Trinajstić information content (AvgIpc) is 2.22. The van der Waals surface area contributed by atoms with E-state index in [4.69, 9.17) is 28.9 Å². The van der Waals surface area contributed by atoms with Crippen LogP contribution in [0.2, 0.25) is 10.0 Å². The van der Waals surface area contributed by atoms with Crippen LogP contribution in [0, 0.1) is 0 Å². The second-order valence-electron chi connectivity index (χ2n) is 3.61. The monoisotopic (exact) mass is 258 g/mol. The Bertz CT molecular complexity index is 375. The summed E-state index contributed by atoms with van der Waals surface area (Å²) in [7, 11) is 0. The van der Waals surface area contributed by atoms with Crippen molar-refractivity contribution < 1.29 is 0 Å². The molecule has 0 saturated carbocycles. The summed E-state index contributed by atoms with van der Waals surface area (Å²) >= 11 is 11.9. The molecule has 16 heavy (non-hydrogen) atoms. The van der Waals surface area contributed by atoms with Gasteiger partial charge in [-0.05, 0) is 30.5 Å². The molecule has 0 aromatic heterocycles. The Labute approximate surface area is 106 Å². The van der Waals surface area contributed by atoms with Crippen molar-refractivity contribution in [2.75, 3.05) is 6.54 Å². The highest BCUT2D eigenvalue weighted by Gasteiger charge is 2.00. The first-order valence-corrected chi connectivity index (χ1v) is 6.11. The molecule has 0 heterocycles. The van der Waals surface area contributed by atoms with Gasteiger partial charge in [-0.3, -0.25) is 4.99 Å². The highest BCUT2D eigenvalue weighted by atomic mass is 35.5. The minimum Gasteiger partial charge on any atom is -0.387 e. The second kappa shape index (κ2) is 6.77. The van der Waals surface area contributed by atoms with Crippen molar-refractivity contribution in [3.8, 4) is 0 Å². The first-order valence-electron chi connectivity index (χ1n) is 5.36. The van der Waals surface area contributed by atoms with E-state index in [0.29, 0.717) is 22.4 Å². The van der Waals surface area contributed by atoms with Crippen LogP contribution in [0.15, 0.2) is 23.2 Å². The molecule has 88 valence electrons. The van der Waals surface area contributed by atoms with Gasteiger partial charge in [0.2, 0.25) is 0 Å². The molecule has 4 heteroatoms. The Kier molecular flexibility index (Phi) is 5.64. The molecular weight excluding hydrogens is 243 g/mol. The standard InChI is InChI=1S/C12H16Cl2N2/c1-2-3-12(15)16-7-6-9-4-5-10(13)8-11(9)14/h4-5,8H,2-3,6-7H2,1H3,(H2,15,16). The van der Waals surface area contributed by atoms with E-state index in [1.165, 1.54) is 0 Å². The van der Waals surface area contributed by atoms with Gasteiger partial charge in [-0.15, -0.1) is 0 Å². The fourth-order valence-corrected chi connectivity index (χ4v) is 1.88. The van der Waals surface area contributed by atoms with Gasteiger partial charge in [0.05, 0.1) is 5.84 Å². The van der Waals surface area contributed by atoms with Crippen molar-refractivity contribution in [2.45, 2.75) is 26.2 Å². The smallest absolute Gasteiger partial charge is 0.0937 e. The fraction of sp³-hybridized carbons (Fsp3) is 0.417. The molecule has 0 aliphatic carbocycles. The van der Waals surface area contributed by atoms with Crippen molar-refractivity contribution in [1.82, 2.24) is 0 Å². The molecule has 2 N–H and O–H groups in total. The molecule has 0 radical (unpaired) electrons. The Morgan fingerprint density at radius 2 is 2.12 bits per heavy atom. The zero-order valence-electron chi connectivity index (χ0n) is 9.34. The van der Waals surface area contributed by atoms with Gasteiger partial charge < -0.3 is 5.73 Å². The van der Waals surface area contributed by atoms with Gasteiger partial charge in [0, 0.05) is 23.0 Å². The van der Waals surface area contributed by atoms with Gasteiger partial charge in [-0.2, -0.15) is 0 Å². The normalized spacial score (nSPS) is 11.8. The number of amidine groups is 1. The minimum absolute atomic E-state index is 0.655. The van der Waals surface area contributed by atoms with Crippen LogP contribution in [0.25, 0.3) is 0 Å². The van der Waals surface area contributed by atoms with E-state index in [9.17, 15) is 0 Å². The van der Waals surface area contributed by atoms with Crippen LogP contribution in [0.4, 0.5) is 0 Å². The maximum atomic E-state index is 6.04. The molecule has 1 aromatic rings. The third-order valence-corrected chi connectivity index (χ3v) is 2.80. The predicted octanol–water partition coefficient (Wildman–Crippen LogP) is 3.69. The van der Waals surface area contributed by atoms with Crippen LogP contribution in [0.5, 0.6) is 0 Å². The summed E-state index contributed by atoms with van der Waals surface area (Å²) in [4.78, 5) is 4.28. The zero-order valence-corrected chi connectivity index (χ0v) is 10.9. The van der Waals surface area contributed by atoms with Gasteiger partial charge in [0.1, 0.15) is 0 Å². The third kappa shape index (κ3) is 4.42. The minimum atomic E-state index is 0.655. The fourth-order valence-electron chi connectivity index (χ4n) is 1.38. The second-order valence-corrected chi connectivity index (χ2v) is 4.45.